The number of hydrogen-bond donors (Lipinski definition) is 1. The summed E-state index contributed by atoms with van der Waals surface area (Å²) in [5.74, 6) is 0. The number of nitrogens with zero attached hydrogens (tertiary/aromatic N) is 1. The van der Waals surface area contributed by atoms with Gasteiger partial charge in [-0.2, -0.15) is 0 Å². The second-order valence-corrected chi connectivity index (χ2v) is 4.98. The number of rotatable bonds is 5. The van der Waals surface area contributed by atoms with Crippen molar-refractivity contribution >= 4 is 0 Å². The third-order valence-electron chi connectivity index (χ3n) is 3.86. The molecular formula is C15H24N2. The lowest BCUT2D eigenvalue weighted by Gasteiger charge is -2.23. The third-order valence-corrected chi connectivity index (χ3v) is 3.86. The molecule has 0 radical (unpaired) electrons. The summed E-state index contributed by atoms with van der Waals surface area (Å²) in [6, 6.07) is 9.38. The maximum Gasteiger partial charge on any atom is 0.0221 e. The monoisotopic (exact) mass is 232 g/mol. The molecule has 1 fully saturated rings. The van der Waals surface area contributed by atoms with Gasteiger partial charge in [0.15, 0.2) is 0 Å². The van der Waals surface area contributed by atoms with Crippen molar-refractivity contribution < 1.29 is 0 Å². The molecule has 2 rings (SSSR count). The first kappa shape index (κ1) is 12.6. The van der Waals surface area contributed by atoms with Gasteiger partial charge in [-0.25, -0.2) is 0 Å². The fourth-order valence-electron chi connectivity index (χ4n) is 2.72. The zero-order chi connectivity index (χ0) is 12.1. The Morgan fingerprint density at radius 3 is 2.94 bits per heavy atom. The van der Waals surface area contributed by atoms with E-state index in [1.807, 2.05) is 0 Å². The number of hydrogen-bond acceptors (Lipinski definition) is 2. The van der Waals surface area contributed by atoms with E-state index in [1.54, 1.807) is 0 Å². The summed E-state index contributed by atoms with van der Waals surface area (Å²) >= 11 is 0. The smallest absolute Gasteiger partial charge is 0.0221 e. The zero-order valence-corrected chi connectivity index (χ0v) is 11.1. The van der Waals surface area contributed by atoms with Crippen LogP contribution in [0.3, 0.4) is 0 Å². The highest BCUT2D eigenvalue weighted by atomic mass is 15.2. The van der Waals surface area contributed by atoms with Crippen molar-refractivity contribution in [3.05, 3.63) is 35.4 Å². The van der Waals surface area contributed by atoms with Gasteiger partial charge in [0.2, 0.25) is 0 Å². The lowest BCUT2D eigenvalue weighted by atomic mass is 10.1. The normalized spacial score (nSPS) is 20.9. The predicted octanol–water partition coefficient (Wildman–Crippen LogP) is 2.57. The molecule has 1 aliphatic heterocycles. The lowest BCUT2D eigenvalue weighted by Crippen LogP contribution is -2.37. The van der Waals surface area contributed by atoms with Crippen LogP contribution in [-0.4, -0.2) is 30.6 Å². The molecule has 1 aromatic carbocycles. The maximum atomic E-state index is 3.61. The van der Waals surface area contributed by atoms with E-state index in [0.29, 0.717) is 0 Å². The Morgan fingerprint density at radius 1 is 1.35 bits per heavy atom. The highest BCUT2D eigenvalue weighted by Crippen LogP contribution is 2.15. The highest BCUT2D eigenvalue weighted by Gasteiger charge is 2.21. The van der Waals surface area contributed by atoms with E-state index in [-0.39, 0.29) is 0 Å². The van der Waals surface area contributed by atoms with Crippen molar-refractivity contribution in [3.63, 3.8) is 0 Å². The Kier molecular flexibility index (Phi) is 4.57. The van der Waals surface area contributed by atoms with Gasteiger partial charge in [-0.3, -0.25) is 4.90 Å². The van der Waals surface area contributed by atoms with Gasteiger partial charge in [0.25, 0.3) is 0 Å². The van der Waals surface area contributed by atoms with Gasteiger partial charge in [-0.15, -0.1) is 0 Å². The van der Waals surface area contributed by atoms with Crippen LogP contribution in [0.2, 0.25) is 0 Å². The van der Waals surface area contributed by atoms with Crippen LogP contribution in [0, 0.1) is 6.92 Å². The molecule has 1 aliphatic rings. The molecule has 0 amide bonds. The molecule has 0 aromatic heterocycles. The first-order valence-electron chi connectivity index (χ1n) is 6.80. The largest absolute Gasteiger partial charge is 0.311 e. The highest BCUT2D eigenvalue weighted by molar-refractivity contribution is 5.25. The summed E-state index contributed by atoms with van der Waals surface area (Å²) in [5.41, 5.74) is 2.81. The molecule has 0 spiro atoms. The van der Waals surface area contributed by atoms with Crippen molar-refractivity contribution in [2.75, 3.05) is 19.6 Å². The minimum Gasteiger partial charge on any atom is -0.311 e. The summed E-state index contributed by atoms with van der Waals surface area (Å²) in [6.45, 7) is 9.05. The molecule has 0 aliphatic carbocycles. The fourth-order valence-corrected chi connectivity index (χ4v) is 2.72. The average Bonchev–Trinajstić information content (AvgIpc) is 2.79. The molecule has 1 atom stereocenters. The minimum absolute atomic E-state index is 0.754. The standard InChI is InChI=1S/C15H24N2/c1-3-17-10-6-9-15(17)12-16-11-14-8-5-4-7-13(14)2/h4-5,7-8,15-16H,3,6,9-12H2,1-2H3. The van der Waals surface area contributed by atoms with Gasteiger partial charge < -0.3 is 5.32 Å². The average molecular weight is 232 g/mol. The summed E-state index contributed by atoms with van der Waals surface area (Å²) in [4.78, 5) is 2.59. The molecule has 1 aromatic rings. The van der Waals surface area contributed by atoms with Crippen LogP contribution in [0.25, 0.3) is 0 Å². The van der Waals surface area contributed by atoms with E-state index in [2.05, 4.69) is 48.3 Å². The second kappa shape index (κ2) is 6.18. The van der Waals surface area contributed by atoms with Gasteiger partial charge in [0.1, 0.15) is 0 Å². The Morgan fingerprint density at radius 2 is 2.18 bits per heavy atom. The molecule has 17 heavy (non-hydrogen) atoms. The van der Waals surface area contributed by atoms with Crippen molar-refractivity contribution in [2.24, 2.45) is 0 Å². The summed E-state index contributed by atoms with van der Waals surface area (Å²) < 4.78 is 0. The number of aryl methyl sites for hydroxylation is 1. The molecule has 2 heteroatoms. The van der Waals surface area contributed by atoms with Crippen LogP contribution in [-0.2, 0) is 6.54 Å². The Balaban J connectivity index is 1.78. The summed E-state index contributed by atoms with van der Waals surface area (Å²) in [6.07, 6.45) is 2.72. The predicted molar refractivity (Wildman–Crippen MR) is 73.2 cm³/mol. The minimum atomic E-state index is 0.754. The molecule has 1 N–H and O–H groups in total. The number of likely N-dealkylation sites (N-methyl/N-ethyl adjacent to an activating group) is 1. The van der Waals surface area contributed by atoms with E-state index in [1.165, 1.54) is 37.1 Å². The summed E-state index contributed by atoms with van der Waals surface area (Å²) in [7, 11) is 0. The van der Waals surface area contributed by atoms with Gasteiger partial charge >= 0.3 is 0 Å². The van der Waals surface area contributed by atoms with Crippen LogP contribution in [0.4, 0.5) is 0 Å². The lowest BCUT2D eigenvalue weighted by molar-refractivity contribution is 0.260. The van der Waals surface area contributed by atoms with Crippen LogP contribution in [0.1, 0.15) is 30.9 Å². The van der Waals surface area contributed by atoms with Crippen LogP contribution in [0.15, 0.2) is 24.3 Å². The SMILES string of the molecule is CCN1CCCC1CNCc1ccccc1C. The molecule has 1 heterocycles. The maximum absolute atomic E-state index is 3.61. The molecular weight excluding hydrogens is 208 g/mol. The fraction of sp³-hybridized carbons (Fsp3) is 0.600. The van der Waals surface area contributed by atoms with Crippen molar-refractivity contribution in [3.8, 4) is 0 Å². The molecule has 0 saturated carbocycles. The van der Waals surface area contributed by atoms with Crippen molar-refractivity contribution in [1.82, 2.24) is 10.2 Å². The molecule has 1 saturated heterocycles. The van der Waals surface area contributed by atoms with Crippen LogP contribution < -0.4 is 5.32 Å². The number of benzene rings is 1. The zero-order valence-electron chi connectivity index (χ0n) is 11.1. The van der Waals surface area contributed by atoms with Crippen LogP contribution in [0.5, 0.6) is 0 Å². The Hall–Kier alpha value is -0.860. The Labute approximate surface area is 105 Å². The van der Waals surface area contributed by atoms with E-state index < -0.39 is 0 Å². The molecule has 2 nitrogen and oxygen atoms in total. The van der Waals surface area contributed by atoms with Gasteiger partial charge in [0.05, 0.1) is 0 Å². The van der Waals surface area contributed by atoms with Gasteiger partial charge in [0, 0.05) is 19.1 Å². The van der Waals surface area contributed by atoms with E-state index >= 15 is 0 Å². The number of likely N-dealkylation sites (tertiary alicyclic amines) is 1. The first-order valence-corrected chi connectivity index (χ1v) is 6.80. The van der Waals surface area contributed by atoms with E-state index in [9.17, 15) is 0 Å². The van der Waals surface area contributed by atoms with E-state index in [0.717, 1.165) is 19.1 Å². The third kappa shape index (κ3) is 3.30. The van der Waals surface area contributed by atoms with Gasteiger partial charge in [-0.05, 0) is 44.0 Å². The molecule has 94 valence electrons. The topological polar surface area (TPSA) is 15.3 Å². The molecule has 1 unspecified atom stereocenters. The Bertz CT molecular complexity index is 349. The quantitative estimate of drug-likeness (QED) is 0.839. The van der Waals surface area contributed by atoms with Gasteiger partial charge in [-0.1, -0.05) is 31.2 Å². The van der Waals surface area contributed by atoms with Crippen LogP contribution >= 0.6 is 0 Å². The molecule has 0 bridgehead atoms. The second-order valence-electron chi connectivity index (χ2n) is 4.98. The summed E-state index contributed by atoms with van der Waals surface area (Å²) in [5, 5.41) is 3.61. The van der Waals surface area contributed by atoms with Crippen molar-refractivity contribution in [2.45, 2.75) is 39.3 Å². The first-order chi connectivity index (χ1) is 8.31. The van der Waals surface area contributed by atoms with E-state index in [4.69, 9.17) is 0 Å². The van der Waals surface area contributed by atoms with Crippen molar-refractivity contribution in [1.29, 1.82) is 0 Å². The number of nitrogens with one attached hydrogen (secondary N) is 1.